The Morgan fingerprint density at radius 3 is 2.18 bits per heavy atom. The summed E-state index contributed by atoms with van der Waals surface area (Å²) in [5, 5.41) is 11.3. The molecule has 22 heavy (non-hydrogen) atoms. The average molecular weight is 297 g/mol. The van der Waals surface area contributed by atoms with Gasteiger partial charge in [0.1, 0.15) is 17.2 Å². The number of hydrogen-bond acceptors (Lipinski definition) is 4. The maximum absolute atomic E-state index is 12.3. The van der Waals surface area contributed by atoms with Crippen molar-refractivity contribution < 1.29 is 14.6 Å². The summed E-state index contributed by atoms with van der Waals surface area (Å²) in [6.45, 7) is 0. The van der Waals surface area contributed by atoms with Gasteiger partial charge >= 0.3 is 0 Å². The summed E-state index contributed by atoms with van der Waals surface area (Å²) in [4.78, 5) is 15.0. The highest BCUT2D eigenvalue weighted by Crippen LogP contribution is 2.34. The van der Waals surface area contributed by atoms with E-state index in [2.05, 4.69) is 4.98 Å². The molecule has 0 fully saturated rings. The van der Waals surface area contributed by atoms with E-state index in [1.807, 2.05) is 0 Å². The van der Waals surface area contributed by atoms with Crippen LogP contribution in [0.15, 0.2) is 47.3 Å². The highest BCUT2D eigenvalue weighted by Gasteiger charge is 2.13. The summed E-state index contributed by atoms with van der Waals surface area (Å²) in [5.41, 5.74) is 0.802. The van der Waals surface area contributed by atoms with E-state index in [0.717, 1.165) is 0 Å². The van der Waals surface area contributed by atoms with Gasteiger partial charge in [-0.3, -0.25) is 4.79 Å². The maximum Gasteiger partial charge on any atom is 0.256 e. The van der Waals surface area contributed by atoms with E-state index in [1.54, 1.807) is 49.6 Å². The van der Waals surface area contributed by atoms with Crippen LogP contribution in [0.2, 0.25) is 0 Å². The second-order valence-electron chi connectivity index (χ2n) is 4.82. The van der Waals surface area contributed by atoms with Gasteiger partial charge in [0.05, 0.1) is 25.3 Å². The van der Waals surface area contributed by atoms with Crippen LogP contribution in [0.25, 0.3) is 22.0 Å². The molecule has 0 bridgehead atoms. The third kappa shape index (κ3) is 2.26. The summed E-state index contributed by atoms with van der Waals surface area (Å²) < 4.78 is 10.2. The van der Waals surface area contributed by atoms with Crippen LogP contribution in [0, 0.1) is 0 Å². The zero-order valence-corrected chi connectivity index (χ0v) is 12.2. The normalized spacial score (nSPS) is 10.6. The van der Waals surface area contributed by atoms with Gasteiger partial charge in [0.2, 0.25) is 0 Å². The molecule has 2 aromatic carbocycles. The van der Waals surface area contributed by atoms with Crippen LogP contribution in [0.5, 0.6) is 17.2 Å². The molecule has 0 radical (unpaired) electrons. The number of aromatic nitrogens is 1. The van der Waals surface area contributed by atoms with Crippen molar-refractivity contribution in [3.63, 3.8) is 0 Å². The van der Waals surface area contributed by atoms with Crippen molar-refractivity contribution in [2.75, 3.05) is 14.2 Å². The van der Waals surface area contributed by atoms with Gasteiger partial charge in [-0.15, -0.1) is 0 Å². The van der Waals surface area contributed by atoms with Crippen molar-refractivity contribution in [3.05, 3.63) is 52.8 Å². The number of aromatic amines is 1. The van der Waals surface area contributed by atoms with E-state index in [-0.39, 0.29) is 11.3 Å². The van der Waals surface area contributed by atoms with Crippen LogP contribution in [0.4, 0.5) is 0 Å². The first-order chi connectivity index (χ1) is 10.6. The first kappa shape index (κ1) is 14.0. The lowest BCUT2D eigenvalue weighted by Crippen LogP contribution is -2.08. The number of nitrogens with one attached hydrogen (secondary N) is 1. The van der Waals surface area contributed by atoms with E-state index < -0.39 is 0 Å². The molecule has 1 aromatic heterocycles. The van der Waals surface area contributed by atoms with Crippen LogP contribution < -0.4 is 15.0 Å². The maximum atomic E-state index is 12.3. The van der Waals surface area contributed by atoms with E-state index in [4.69, 9.17) is 9.47 Å². The molecular weight excluding hydrogens is 282 g/mol. The summed E-state index contributed by atoms with van der Waals surface area (Å²) in [6.07, 6.45) is 0. The number of hydrogen-bond donors (Lipinski definition) is 2. The molecule has 112 valence electrons. The molecule has 5 heteroatoms. The second-order valence-corrected chi connectivity index (χ2v) is 4.82. The van der Waals surface area contributed by atoms with Gasteiger partial charge in [-0.25, -0.2) is 0 Å². The summed E-state index contributed by atoms with van der Waals surface area (Å²) in [5.74, 6) is 1.30. The van der Waals surface area contributed by atoms with E-state index in [0.29, 0.717) is 33.5 Å². The molecule has 0 unspecified atom stereocenters. The molecule has 0 amide bonds. The van der Waals surface area contributed by atoms with E-state index in [1.165, 1.54) is 7.11 Å². The Morgan fingerprint density at radius 2 is 1.55 bits per heavy atom. The topological polar surface area (TPSA) is 71.6 Å². The second kappa shape index (κ2) is 5.44. The van der Waals surface area contributed by atoms with Gasteiger partial charge < -0.3 is 19.6 Å². The number of pyridine rings is 1. The van der Waals surface area contributed by atoms with Crippen molar-refractivity contribution in [1.82, 2.24) is 4.98 Å². The molecule has 5 nitrogen and oxygen atoms in total. The number of H-pyrrole nitrogens is 1. The SMILES string of the molecule is COc1ccc(-c2[nH]c(=O)c3cc(OC)ccc3c2O)cc1. The Kier molecular flexibility index (Phi) is 3.47. The van der Waals surface area contributed by atoms with Crippen LogP contribution in [-0.4, -0.2) is 24.3 Å². The summed E-state index contributed by atoms with van der Waals surface area (Å²) in [6, 6.07) is 12.1. The van der Waals surface area contributed by atoms with Crippen molar-refractivity contribution in [1.29, 1.82) is 0 Å². The van der Waals surface area contributed by atoms with Gasteiger partial charge in [0.25, 0.3) is 5.56 Å². The lowest BCUT2D eigenvalue weighted by molar-refractivity contribution is 0.415. The molecule has 0 spiro atoms. The van der Waals surface area contributed by atoms with Gasteiger partial charge in [-0.2, -0.15) is 0 Å². The van der Waals surface area contributed by atoms with E-state index in [9.17, 15) is 9.90 Å². The van der Waals surface area contributed by atoms with Crippen LogP contribution >= 0.6 is 0 Å². The van der Waals surface area contributed by atoms with Crippen molar-refractivity contribution in [2.24, 2.45) is 0 Å². The number of ether oxygens (including phenoxy) is 2. The molecular formula is C17H15NO4. The molecule has 0 aliphatic rings. The first-order valence-electron chi connectivity index (χ1n) is 6.71. The largest absolute Gasteiger partial charge is 0.505 e. The Hall–Kier alpha value is -2.95. The van der Waals surface area contributed by atoms with Crippen LogP contribution in [0.1, 0.15) is 0 Å². The van der Waals surface area contributed by atoms with Gasteiger partial charge in [-0.05, 0) is 42.5 Å². The average Bonchev–Trinajstić information content (AvgIpc) is 2.57. The fraction of sp³-hybridized carbons (Fsp3) is 0.118. The molecule has 0 aliphatic heterocycles. The molecule has 2 N–H and O–H groups in total. The number of fused-ring (bicyclic) bond motifs is 1. The number of benzene rings is 2. The van der Waals surface area contributed by atoms with Crippen molar-refractivity contribution >= 4 is 10.8 Å². The molecule has 3 aromatic rings. The third-order valence-electron chi connectivity index (χ3n) is 3.58. The minimum Gasteiger partial charge on any atom is -0.505 e. The molecule has 0 saturated heterocycles. The standard InChI is InChI=1S/C17H15NO4/c1-21-11-5-3-10(4-6-11)15-16(19)13-8-7-12(22-2)9-14(13)17(20)18-15/h3-9,19H,1-2H3,(H,18,20). The minimum atomic E-state index is -0.280. The number of methoxy groups -OCH3 is 2. The smallest absolute Gasteiger partial charge is 0.256 e. The van der Waals surface area contributed by atoms with Crippen molar-refractivity contribution in [3.8, 4) is 28.5 Å². The molecule has 0 aliphatic carbocycles. The third-order valence-corrected chi connectivity index (χ3v) is 3.58. The van der Waals surface area contributed by atoms with Crippen LogP contribution in [0.3, 0.4) is 0 Å². The Balaban J connectivity index is 2.22. The fourth-order valence-electron chi connectivity index (χ4n) is 2.39. The Morgan fingerprint density at radius 1 is 0.909 bits per heavy atom. The molecule has 0 atom stereocenters. The Bertz CT molecular complexity index is 882. The quantitative estimate of drug-likeness (QED) is 0.779. The lowest BCUT2D eigenvalue weighted by Gasteiger charge is -2.09. The van der Waals surface area contributed by atoms with Crippen molar-refractivity contribution in [2.45, 2.75) is 0 Å². The lowest BCUT2D eigenvalue weighted by atomic mass is 10.1. The fourth-order valence-corrected chi connectivity index (χ4v) is 2.39. The molecule has 3 rings (SSSR count). The summed E-state index contributed by atoms with van der Waals surface area (Å²) in [7, 11) is 3.11. The molecule has 0 saturated carbocycles. The van der Waals surface area contributed by atoms with Gasteiger partial charge in [-0.1, -0.05) is 0 Å². The molecule has 1 heterocycles. The predicted molar refractivity (Wildman–Crippen MR) is 84.8 cm³/mol. The van der Waals surface area contributed by atoms with Crippen LogP contribution in [-0.2, 0) is 0 Å². The number of rotatable bonds is 3. The summed E-state index contributed by atoms with van der Waals surface area (Å²) >= 11 is 0. The zero-order chi connectivity index (χ0) is 15.7. The first-order valence-corrected chi connectivity index (χ1v) is 6.71. The Labute approximate surface area is 126 Å². The monoisotopic (exact) mass is 297 g/mol. The van der Waals surface area contributed by atoms with Gasteiger partial charge in [0, 0.05) is 10.9 Å². The van der Waals surface area contributed by atoms with E-state index >= 15 is 0 Å². The zero-order valence-electron chi connectivity index (χ0n) is 12.2. The highest BCUT2D eigenvalue weighted by molar-refractivity contribution is 5.93. The predicted octanol–water partition coefficient (Wildman–Crippen LogP) is 2.92. The minimum absolute atomic E-state index is 0.0300. The number of aromatic hydroxyl groups is 1. The highest BCUT2D eigenvalue weighted by atomic mass is 16.5. The van der Waals surface area contributed by atoms with Gasteiger partial charge in [0.15, 0.2) is 0 Å².